The molecule has 0 amide bonds. The van der Waals surface area contributed by atoms with Crippen molar-refractivity contribution in [3.05, 3.63) is 34.9 Å². The fourth-order valence-electron chi connectivity index (χ4n) is 1.80. The normalized spacial score (nSPS) is 10.1. The first-order valence-corrected chi connectivity index (χ1v) is 6.48. The molecule has 0 aromatic heterocycles. The molecule has 0 heterocycles. The second-order valence-corrected chi connectivity index (χ2v) is 4.14. The van der Waals surface area contributed by atoms with Crippen molar-refractivity contribution < 1.29 is 19.1 Å². The molecule has 0 fully saturated rings. The van der Waals surface area contributed by atoms with Crippen molar-refractivity contribution in [2.45, 2.75) is 33.1 Å². The summed E-state index contributed by atoms with van der Waals surface area (Å²) in [5, 5.41) is 0. The number of carbonyl (C=O) groups is 2. The Bertz CT molecular complexity index is 451. The van der Waals surface area contributed by atoms with Crippen molar-refractivity contribution >= 4 is 11.9 Å². The van der Waals surface area contributed by atoms with E-state index in [-0.39, 0.29) is 18.4 Å². The number of esters is 2. The minimum absolute atomic E-state index is 0.258. The first kappa shape index (κ1) is 15.2. The zero-order chi connectivity index (χ0) is 14.3. The van der Waals surface area contributed by atoms with E-state index >= 15 is 0 Å². The van der Waals surface area contributed by atoms with Crippen LogP contribution in [0.15, 0.2) is 18.2 Å². The molecular formula is C15H20O4. The highest BCUT2D eigenvalue weighted by Gasteiger charge is 2.14. The summed E-state index contributed by atoms with van der Waals surface area (Å²) in [5.74, 6) is -0.618. The summed E-state index contributed by atoms with van der Waals surface area (Å²) in [6.45, 7) is 4.14. The summed E-state index contributed by atoms with van der Waals surface area (Å²) in [6.07, 6.45) is 1.59. The van der Waals surface area contributed by atoms with Crippen LogP contribution in [0.4, 0.5) is 0 Å². The summed E-state index contributed by atoms with van der Waals surface area (Å²) in [7, 11) is 1.36. The van der Waals surface area contributed by atoms with Crippen LogP contribution >= 0.6 is 0 Å². The quantitative estimate of drug-likeness (QED) is 0.741. The molecule has 4 heteroatoms. The SMILES string of the molecule is CCOC(=O)c1cc(CC)ccc1CCC(=O)OC. The molecule has 0 bridgehead atoms. The van der Waals surface area contributed by atoms with E-state index in [9.17, 15) is 9.59 Å². The maximum absolute atomic E-state index is 11.9. The molecule has 4 nitrogen and oxygen atoms in total. The van der Waals surface area contributed by atoms with Crippen molar-refractivity contribution in [1.29, 1.82) is 0 Å². The molecule has 1 aromatic rings. The average molecular weight is 264 g/mol. The van der Waals surface area contributed by atoms with Crippen LogP contribution < -0.4 is 0 Å². The van der Waals surface area contributed by atoms with Crippen LogP contribution in [0.1, 0.15) is 41.8 Å². The van der Waals surface area contributed by atoms with Crippen molar-refractivity contribution in [3.8, 4) is 0 Å². The summed E-state index contributed by atoms with van der Waals surface area (Å²) in [4.78, 5) is 23.1. The van der Waals surface area contributed by atoms with Gasteiger partial charge in [0.15, 0.2) is 0 Å². The van der Waals surface area contributed by atoms with Crippen LogP contribution in [0, 0.1) is 0 Å². The van der Waals surface area contributed by atoms with Crippen LogP contribution in [0.25, 0.3) is 0 Å². The number of hydrogen-bond acceptors (Lipinski definition) is 4. The van der Waals surface area contributed by atoms with Gasteiger partial charge in [-0.2, -0.15) is 0 Å². The van der Waals surface area contributed by atoms with Crippen LogP contribution in [0.3, 0.4) is 0 Å². The summed E-state index contributed by atoms with van der Waals surface area (Å²) in [5.41, 5.74) is 2.44. The Morgan fingerprint density at radius 1 is 1.21 bits per heavy atom. The minimum Gasteiger partial charge on any atom is -0.469 e. The predicted molar refractivity (Wildman–Crippen MR) is 72.1 cm³/mol. The third-order valence-corrected chi connectivity index (χ3v) is 2.90. The van der Waals surface area contributed by atoms with Gasteiger partial charge in [0.1, 0.15) is 0 Å². The van der Waals surface area contributed by atoms with Gasteiger partial charge in [0.05, 0.1) is 19.3 Å². The van der Waals surface area contributed by atoms with Crippen molar-refractivity contribution in [2.75, 3.05) is 13.7 Å². The van der Waals surface area contributed by atoms with Crippen molar-refractivity contribution in [1.82, 2.24) is 0 Å². The molecule has 0 saturated heterocycles. The van der Waals surface area contributed by atoms with Gasteiger partial charge in [0, 0.05) is 6.42 Å². The van der Waals surface area contributed by atoms with Gasteiger partial charge in [-0.15, -0.1) is 0 Å². The Kier molecular flexibility index (Phi) is 6.06. The number of hydrogen-bond donors (Lipinski definition) is 0. The zero-order valence-corrected chi connectivity index (χ0v) is 11.7. The molecule has 19 heavy (non-hydrogen) atoms. The molecule has 0 unspecified atom stereocenters. The highest BCUT2D eigenvalue weighted by molar-refractivity contribution is 5.91. The van der Waals surface area contributed by atoms with E-state index in [0.29, 0.717) is 18.6 Å². The van der Waals surface area contributed by atoms with Gasteiger partial charge in [-0.1, -0.05) is 19.1 Å². The lowest BCUT2D eigenvalue weighted by atomic mass is 9.99. The highest BCUT2D eigenvalue weighted by Crippen LogP contribution is 2.16. The number of rotatable bonds is 6. The van der Waals surface area contributed by atoms with Crippen LogP contribution in [0.2, 0.25) is 0 Å². The second kappa shape index (κ2) is 7.56. The summed E-state index contributed by atoms with van der Waals surface area (Å²) in [6, 6.07) is 5.69. The number of aryl methyl sites for hydroxylation is 2. The van der Waals surface area contributed by atoms with E-state index in [1.54, 1.807) is 6.92 Å². The summed E-state index contributed by atoms with van der Waals surface area (Å²) < 4.78 is 9.66. The fourth-order valence-corrected chi connectivity index (χ4v) is 1.80. The fraction of sp³-hybridized carbons (Fsp3) is 0.467. The largest absolute Gasteiger partial charge is 0.469 e. The molecule has 1 aromatic carbocycles. The molecule has 0 atom stereocenters. The molecule has 0 radical (unpaired) electrons. The van der Waals surface area contributed by atoms with E-state index in [4.69, 9.17) is 4.74 Å². The van der Waals surface area contributed by atoms with Gasteiger partial charge in [-0.25, -0.2) is 4.79 Å². The number of ether oxygens (including phenoxy) is 2. The predicted octanol–water partition coefficient (Wildman–Crippen LogP) is 2.53. The maximum atomic E-state index is 11.9. The topological polar surface area (TPSA) is 52.6 Å². The monoisotopic (exact) mass is 264 g/mol. The van der Waals surface area contributed by atoms with E-state index in [1.165, 1.54) is 7.11 Å². The second-order valence-electron chi connectivity index (χ2n) is 4.14. The zero-order valence-electron chi connectivity index (χ0n) is 11.7. The smallest absolute Gasteiger partial charge is 0.338 e. The van der Waals surface area contributed by atoms with Gasteiger partial charge < -0.3 is 9.47 Å². The van der Waals surface area contributed by atoms with E-state index < -0.39 is 0 Å². The Labute approximate surface area is 113 Å². The van der Waals surface area contributed by atoms with Gasteiger partial charge in [-0.3, -0.25) is 4.79 Å². The average Bonchev–Trinajstić information content (AvgIpc) is 2.44. The minimum atomic E-state index is -0.335. The van der Waals surface area contributed by atoms with Gasteiger partial charge in [-0.05, 0) is 37.0 Å². The molecule has 0 spiro atoms. The van der Waals surface area contributed by atoms with E-state index in [0.717, 1.165) is 17.5 Å². The molecular weight excluding hydrogens is 244 g/mol. The number of benzene rings is 1. The van der Waals surface area contributed by atoms with Gasteiger partial charge in [0.2, 0.25) is 0 Å². The first-order valence-electron chi connectivity index (χ1n) is 6.48. The lowest BCUT2D eigenvalue weighted by Gasteiger charge is -2.10. The maximum Gasteiger partial charge on any atom is 0.338 e. The standard InChI is InChI=1S/C15H20O4/c1-4-11-6-7-12(8-9-14(16)18-3)13(10-11)15(17)19-5-2/h6-7,10H,4-5,8-9H2,1-3H3. The molecule has 0 N–H and O–H groups in total. The Morgan fingerprint density at radius 2 is 1.95 bits per heavy atom. The Morgan fingerprint density at radius 3 is 2.53 bits per heavy atom. The molecule has 0 aliphatic rings. The molecule has 0 aliphatic heterocycles. The number of carbonyl (C=O) groups excluding carboxylic acids is 2. The van der Waals surface area contributed by atoms with Gasteiger partial charge >= 0.3 is 11.9 Å². The lowest BCUT2D eigenvalue weighted by molar-refractivity contribution is -0.140. The lowest BCUT2D eigenvalue weighted by Crippen LogP contribution is -2.10. The summed E-state index contributed by atoms with van der Waals surface area (Å²) >= 11 is 0. The van der Waals surface area contributed by atoms with Crippen molar-refractivity contribution in [2.24, 2.45) is 0 Å². The highest BCUT2D eigenvalue weighted by atomic mass is 16.5. The molecule has 0 saturated carbocycles. The third-order valence-electron chi connectivity index (χ3n) is 2.90. The Hall–Kier alpha value is -1.84. The molecule has 0 aliphatic carbocycles. The van der Waals surface area contributed by atoms with Gasteiger partial charge in [0.25, 0.3) is 0 Å². The van der Waals surface area contributed by atoms with Crippen molar-refractivity contribution in [3.63, 3.8) is 0 Å². The van der Waals surface area contributed by atoms with E-state index in [1.807, 2.05) is 25.1 Å². The van der Waals surface area contributed by atoms with E-state index in [2.05, 4.69) is 4.74 Å². The molecule has 1 rings (SSSR count). The molecule has 104 valence electrons. The third kappa shape index (κ3) is 4.39. The van der Waals surface area contributed by atoms with Crippen LogP contribution in [0.5, 0.6) is 0 Å². The first-order chi connectivity index (χ1) is 9.12. The Balaban J connectivity index is 2.94. The number of methoxy groups -OCH3 is 1. The van der Waals surface area contributed by atoms with Crippen LogP contribution in [-0.4, -0.2) is 25.7 Å². The van der Waals surface area contributed by atoms with Crippen LogP contribution in [-0.2, 0) is 27.1 Å².